The van der Waals surface area contributed by atoms with E-state index in [4.69, 9.17) is 2.85 Å². The third kappa shape index (κ3) is 8.95. The summed E-state index contributed by atoms with van der Waals surface area (Å²) in [4.78, 5) is 0. The molecule has 4 heavy (non-hydrogen) atoms. The van der Waals surface area contributed by atoms with Gasteiger partial charge in [-0.05, 0) is 0 Å². The van der Waals surface area contributed by atoms with Crippen LogP contribution in [0.3, 0.4) is 0 Å². The molecule has 0 saturated carbocycles. The first kappa shape index (κ1) is 16.6. The summed E-state index contributed by atoms with van der Waals surface area (Å²) in [7, 11) is 0. The molecule has 4 heteroatoms. The second-order valence-electron chi connectivity index (χ2n) is 0. The monoisotopic (exact) mass is 230 g/mol. The van der Waals surface area contributed by atoms with Crippen LogP contribution in [-0.2, 0) is 2.85 Å². The SMILES string of the molecule is [GaH3].[MgH2].[O]=[InH]. The number of rotatable bonds is 0. The fraction of sp³-hybridized carbons (Fsp3) is 0. The van der Waals surface area contributed by atoms with Gasteiger partial charge in [-0.2, -0.15) is 0 Å². The van der Waals surface area contributed by atoms with Gasteiger partial charge in [0.1, 0.15) is 0 Å². The fourth-order valence-corrected chi connectivity index (χ4v) is 0. The van der Waals surface area contributed by atoms with Crippen molar-refractivity contribution in [1.82, 2.24) is 0 Å². The van der Waals surface area contributed by atoms with Crippen LogP contribution in [0.5, 0.6) is 0 Å². The molecule has 0 heterocycles. The van der Waals surface area contributed by atoms with E-state index in [2.05, 4.69) is 0 Å². The van der Waals surface area contributed by atoms with Crippen LogP contribution < -0.4 is 0 Å². The molecule has 0 aliphatic carbocycles. The molecule has 0 rings (SSSR count). The molecule has 0 aromatic heterocycles. The van der Waals surface area contributed by atoms with E-state index in [-0.39, 0.29) is 67.2 Å². The molecule has 0 aromatic rings. The van der Waals surface area contributed by atoms with Gasteiger partial charge in [0, 0.05) is 0 Å². The van der Waals surface area contributed by atoms with Crippen LogP contribution in [0.1, 0.15) is 0 Å². The van der Waals surface area contributed by atoms with Gasteiger partial charge in [-0.15, -0.1) is 0 Å². The minimum absolute atomic E-state index is 0. The van der Waals surface area contributed by atoms with Gasteiger partial charge in [0.2, 0.25) is 0 Å². The van der Waals surface area contributed by atoms with Gasteiger partial charge < -0.3 is 0 Å². The van der Waals surface area contributed by atoms with Crippen LogP contribution in [-0.4, -0.2) is 67.2 Å². The summed E-state index contributed by atoms with van der Waals surface area (Å²) >= 11 is -0.1000. The molecule has 0 bridgehead atoms. The van der Waals surface area contributed by atoms with Crippen molar-refractivity contribution < 1.29 is 2.85 Å². The van der Waals surface area contributed by atoms with E-state index in [1.807, 2.05) is 0 Å². The second kappa shape index (κ2) is 19.6. The summed E-state index contributed by atoms with van der Waals surface area (Å²) in [5.41, 5.74) is 0. The van der Waals surface area contributed by atoms with E-state index in [1.54, 1.807) is 0 Å². The fourth-order valence-electron chi connectivity index (χ4n) is 0. The molecule has 1 nitrogen and oxygen atoms in total. The molecule has 0 aromatic carbocycles. The third-order valence-electron chi connectivity index (χ3n) is 0. The van der Waals surface area contributed by atoms with Crippen LogP contribution in [0, 0.1) is 0 Å². The Morgan fingerprint density at radius 1 is 1.25 bits per heavy atom. The van der Waals surface area contributed by atoms with Crippen molar-refractivity contribution in [2.24, 2.45) is 0 Å². The molecule has 0 aliphatic heterocycles. The quantitative estimate of drug-likeness (QED) is 0.409. The zero-order valence-electron chi connectivity index (χ0n) is 1.12. The van der Waals surface area contributed by atoms with Crippen LogP contribution >= 0.6 is 0 Å². The molecular formula is H6GaInMgO. The van der Waals surface area contributed by atoms with Gasteiger partial charge in [0.05, 0.1) is 0 Å². The molecular weight excluding hydrogens is 225 g/mol. The Morgan fingerprint density at radius 3 is 1.25 bits per heavy atom. The van der Waals surface area contributed by atoms with E-state index in [1.165, 1.54) is 0 Å². The van der Waals surface area contributed by atoms with Crippen LogP contribution in [0.4, 0.5) is 0 Å². The number of hydrogen-bond donors (Lipinski definition) is 0. The zero-order valence-corrected chi connectivity index (χ0v) is 5.15. The summed E-state index contributed by atoms with van der Waals surface area (Å²) in [5, 5.41) is 0. The molecule has 0 atom stereocenters. The Balaban J connectivity index is -0.00000000500. The van der Waals surface area contributed by atoms with Crippen molar-refractivity contribution in [3.05, 3.63) is 0 Å². The first-order valence-electron chi connectivity index (χ1n) is 0.289. The average molecular weight is 231 g/mol. The van der Waals surface area contributed by atoms with E-state index in [0.29, 0.717) is 0 Å². The summed E-state index contributed by atoms with van der Waals surface area (Å²) in [5.74, 6) is 0. The molecule has 20 valence electrons. The minimum atomic E-state index is -0.1000. The van der Waals surface area contributed by atoms with Crippen molar-refractivity contribution in [1.29, 1.82) is 0 Å². The Kier molecular flexibility index (Phi) is 81.0. The van der Waals surface area contributed by atoms with Crippen molar-refractivity contribution in [2.45, 2.75) is 0 Å². The summed E-state index contributed by atoms with van der Waals surface area (Å²) in [6.07, 6.45) is 0. The molecule has 0 saturated heterocycles. The van der Waals surface area contributed by atoms with Crippen molar-refractivity contribution >= 4 is 67.2 Å². The van der Waals surface area contributed by atoms with Gasteiger partial charge in [0.15, 0.2) is 0 Å². The van der Waals surface area contributed by atoms with Gasteiger partial charge in [-0.3, -0.25) is 0 Å². The molecule has 0 amide bonds. The Morgan fingerprint density at radius 2 is 1.25 bits per heavy atom. The first-order valence-corrected chi connectivity index (χ1v) is 1.94. The standard InChI is InChI=1S/Ga.In.Mg.O.6H. The Bertz CT molecular complexity index is 8.00. The van der Waals surface area contributed by atoms with Crippen LogP contribution in [0.25, 0.3) is 0 Å². The molecule has 0 aliphatic rings. The summed E-state index contributed by atoms with van der Waals surface area (Å²) in [6, 6.07) is 0. The molecule has 0 N–H and O–H groups in total. The summed E-state index contributed by atoms with van der Waals surface area (Å²) < 4.78 is 8.42. The van der Waals surface area contributed by atoms with Crippen molar-refractivity contribution in [3.63, 3.8) is 0 Å². The maximum absolute atomic E-state index is 8.42. The van der Waals surface area contributed by atoms with E-state index < -0.39 is 0 Å². The van der Waals surface area contributed by atoms with E-state index in [9.17, 15) is 0 Å². The Labute approximate surface area is 69.1 Å². The molecule has 0 spiro atoms. The average Bonchev–Trinajstić information content (AvgIpc) is 1.00. The molecule has 0 radical (unpaired) electrons. The van der Waals surface area contributed by atoms with Crippen LogP contribution in [0.15, 0.2) is 0 Å². The zero-order chi connectivity index (χ0) is 2.00. The van der Waals surface area contributed by atoms with E-state index >= 15 is 0 Å². The van der Waals surface area contributed by atoms with Gasteiger partial charge in [0.25, 0.3) is 0 Å². The Hall–Kier alpha value is 2.07. The predicted octanol–water partition coefficient (Wildman–Crippen LogP) is -2.87. The van der Waals surface area contributed by atoms with Gasteiger partial charge in [-0.1, -0.05) is 0 Å². The maximum atomic E-state index is 8.42. The first-order chi connectivity index (χ1) is 1.00. The van der Waals surface area contributed by atoms with Gasteiger partial charge in [-0.25, -0.2) is 0 Å². The topological polar surface area (TPSA) is 17.1 Å². The van der Waals surface area contributed by atoms with E-state index in [0.717, 1.165) is 0 Å². The molecule has 0 fully saturated rings. The normalized spacial score (nSPS) is 0.750. The second-order valence-corrected chi connectivity index (χ2v) is 0. The van der Waals surface area contributed by atoms with Crippen molar-refractivity contribution in [2.75, 3.05) is 0 Å². The third-order valence-corrected chi connectivity index (χ3v) is 0. The van der Waals surface area contributed by atoms with Gasteiger partial charge >= 0.3 is 70.1 Å². The molecule has 0 unspecified atom stereocenters. The van der Waals surface area contributed by atoms with Crippen molar-refractivity contribution in [3.8, 4) is 0 Å². The summed E-state index contributed by atoms with van der Waals surface area (Å²) in [6.45, 7) is 0. The number of hydrogen-bond acceptors (Lipinski definition) is 1. The predicted molar refractivity (Wildman–Crippen MR) is 26.3 cm³/mol. The van der Waals surface area contributed by atoms with Crippen LogP contribution in [0.2, 0.25) is 0 Å².